The molecule has 1 aliphatic heterocycles. The van der Waals surface area contributed by atoms with E-state index in [4.69, 9.17) is 10.5 Å². The Morgan fingerprint density at radius 3 is 2.32 bits per heavy atom. The van der Waals surface area contributed by atoms with Crippen LogP contribution in [0.4, 0.5) is 13.2 Å². The minimum atomic E-state index is -4.33. The van der Waals surface area contributed by atoms with Crippen molar-refractivity contribution in [1.82, 2.24) is 5.32 Å². The van der Waals surface area contributed by atoms with E-state index in [0.29, 0.717) is 38.2 Å². The number of rotatable bonds is 6. The fourth-order valence-electron chi connectivity index (χ4n) is 2.36. The van der Waals surface area contributed by atoms with Gasteiger partial charge in [-0.15, -0.1) is 12.4 Å². The predicted octanol–water partition coefficient (Wildman–Crippen LogP) is 2.31. The maximum Gasteiger partial charge on any atom is 0.411 e. The molecule has 0 bridgehead atoms. The molecule has 5 nitrogen and oxygen atoms in total. The zero-order chi connectivity index (χ0) is 17.6. The third-order valence-corrected chi connectivity index (χ3v) is 3.85. The summed E-state index contributed by atoms with van der Waals surface area (Å²) in [6, 6.07) is 6.81. The Bertz CT molecular complexity index is 547. The number of benzene rings is 1. The molecule has 1 saturated heterocycles. The molecule has 1 fully saturated rings. The lowest BCUT2D eigenvalue weighted by atomic mass is 9.90. The summed E-state index contributed by atoms with van der Waals surface area (Å²) in [6.07, 6.45) is -3.37. The van der Waals surface area contributed by atoms with Gasteiger partial charge in [-0.05, 0) is 24.0 Å². The minimum absolute atomic E-state index is 0. The number of carbonyl (C=O) groups is 1. The van der Waals surface area contributed by atoms with Gasteiger partial charge in [0.25, 0.3) is 0 Å². The van der Waals surface area contributed by atoms with Gasteiger partial charge in [0.05, 0.1) is 12.1 Å². The average Bonchev–Trinajstić information content (AvgIpc) is 2.53. The molecule has 0 aromatic heterocycles. The number of halogens is 4. The smallest absolute Gasteiger partial charge is 0.381 e. The summed E-state index contributed by atoms with van der Waals surface area (Å²) < 4.78 is 45.8. The second kappa shape index (κ2) is 9.38. The van der Waals surface area contributed by atoms with Crippen LogP contribution in [0.5, 0.6) is 0 Å². The molecule has 2 rings (SSSR count). The Morgan fingerprint density at radius 1 is 1.20 bits per heavy atom. The minimum Gasteiger partial charge on any atom is -0.381 e. The van der Waals surface area contributed by atoms with Crippen molar-refractivity contribution in [1.29, 1.82) is 0 Å². The molecule has 1 aliphatic rings. The number of nitrogens with two attached hydrogens (primary N) is 1. The largest absolute Gasteiger partial charge is 0.411 e. The molecule has 0 spiro atoms. The summed E-state index contributed by atoms with van der Waals surface area (Å²) in [5.74, 6) is -0.219. The van der Waals surface area contributed by atoms with Crippen LogP contribution in [-0.4, -0.2) is 37.4 Å². The highest BCUT2D eigenvalue weighted by atomic mass is 35.5. The number of hydrogen-bond acceptors (Lipinski definition) is 4. The van der Waals surface area contributed by atoms with E-state index >= 15 is 0 Å². The lowest BCUT2D eigenvalue weighted by molar-refractivity contribution is -0.176. The van der Waals surface area contributed by atoms with Crippen molar-refractivity contribution in [3.63, 3.8) is 0 Å². The molecule has 0 aliphatic carbocycles. The molecular weight excluding hydrogens is 361 g/mol. The maximum atomic E-state index is 12.2. The van der Waals surface area contributed by atoms with E-state index in [0.717, 1.165) is 5.56 Å². The zero-order valence-electron chi connectivity index (χ0n) is 13.6. The molecule has 0 saturated carbocycles. The van der Waals surface area contributed by atoms with Gasteiger partial charge in [-0.1, -0.05) is 24.3 Å². The number of nitrogens with one attached hydrogen (secondary N) is 1. The third kappa shape index (κ3) is 7.19. The first-order valence-electron chi connectivity index (χ1n) is 7.66. The zero-order valence-corrected chi connectivity index (χ0v) is 14.4. The SMILES string of the molecule is Cl.NC1(C(=O)NCc2ccc(COCC(F)(F)F)cc2)CCOCC1. The summed E-state index contributed by atoms with van der Waals surface area (Å²) in [5, 5.41) is 2.79. The van der Waals surface area contributed by atoms with Gasteiger partial charge in [0.1, 0.15) is 6.61 Å². The standard InChI is InChI=1S/C16H21F3N2O3.ClH/c17-16(18,19)11-24-10-13-3-1-12(2-4-13)9-21-14(22)15(20)5-7-23-8-6-15;/h1-4H,5-11,20H2,(H,21,22);1H. The van der Waals surface area contributed by atoms with Crippen LogP contribution in [-0.2, 0) is 27.4 Å². The van der Waals surface area contributed by atoms with Crippen LogP contribution in [0, 0.1) is 0 Å². The van der Waals surface area contributed by atoms with Gasteiger partial charge in [-0.2, -0.15) is 13.2 Å². The second-order valence-electron chi connectivity index (χ2n) is 5.88. The van der Waals surface area contributed by atoms with Crippen LogP contribution in [0.2, 0.25) is 0 Å². The molecule has 1 heterocycles. The predicted molar refractivity (Wildman–Crippen MR) is 88.2 cm³/mol. The molecule has 1 aromatic rings. The highest BCUT2D eigenvalue weighted by Gasteiger charge is 2.35. The maximum absolute atomic E-state index is 12.2. The molecule has 0 atom stereocenters. The van der Waals surface area contributed by atoms with E-state index in [9.17, 15) is 18.0 Å². The number of amides is 1. The average molecular weight is 383 g/mol. The van der Waals surface area contributed by atoms with Crippen molar-refractivity contribution in [3.05, 3.63) is 35.4 Å². The molecule has 0 radical (unpaired) electrons. The van der Waals surface area contributed by atoms with Crippen LogP contribution in [0.25, 0.3) is 0 Å². The summed E-state index contributed by atoms with van der Waals surface area (Å²) in [6.45, 7) is -0.138. The van der Waals surface area contributed by atoms with Crippen molar-refractivity contribution in [2.75, 3.05) is 19.8 Å². The fraction of sp³-hybridized carbons (Fsp3) is 0.562. The van der Waals surface area contributed by atoms with Gasteiger partial charge in [0.2, 0.25) is 5.91 Å². The van der Waals surface area contributed by atoms with Gasteiger partial charge in [0.15, 0.2) is 0 Å². The highest BCUT2D eigenvalue weighted by Crippen LogP contribution is 2.18. The quantitative estimate of drug-likeness (QED) is 0.792. The first kappa shape index (κ1) is 21.7. The normalized spacial score (nSPS) is 16.8. The topological polar surface area (TPSA) is 73.6 Å². The molecule has 0 unspecified atom stereocenters. The van der Waals surface area contributed by atoms with E-state index in [2.05, 4.69) is 10.1 Å². The Labute approximate surface area is 150 Å². The number of alkyl halides is 3. The Kier molecular flexibility index (Phi) is 8.14. The fourth-order valence-corrected chi connectivity index (χ4v) is 2.36. The van der Waals surface area contributed by atoms with Crippen molar-refractivity contribution in [2.24, 2.45) is 5.73 Å². The first-order chi connectivity index (χ1) is 11.3. The number of ether oxygens (including phenoxy) is 2. The summed E-state index contributed by atoms with van der Waals surface area (Å²) in [5.41, 5.74) is 6.65. The van der Waals surface area contributed by atoms with Crippen LogP contribution < -0.4 is 11.1 Å². The van der Waals surface area contributed by atoms with E-state index < -0.39 is 18.3 Å². The molecular formula is C16H22ClF3N2O3. The lowest BCUT2D eigenvalue weighted by Gasteiger charge is -2.31. The van der Waals surface area contributed by atoms with Crippen LogP contribution in [0.1, 0.15) is 24.0 Å². The van der Waals surface area contributed by atoms with Gasteiger partial charge in [0, 0.05) is 19.8 Å². The van der Waals surface area contributed by atoms with Gasteiger partial charge >= 0.3 is 6.18 Å². The lowest BCUT2D eigenvalue weighted by Crippen LogP contribution is -2.56. The first-order valence-corrected chi connectivity index (χ1v) is 7.66. The molecule has 25 heavy (non-hydrogen) atoms. The van der Waals surface area contributed by atoms with Gasteiger partial charge in [-0.3, -0.25) is 4.79 Å². The van der Waals surface area contributed by atoms with Crippen LogP contribution in [0.15, 0.2) is 24.3 Å². The van der Waals surface area contributed by atoms with E-state index in [1.54, 1.807) is 24.3 Å². The van der Waals surface area contributed by atoms with E-state index in [1.807, 2.05) is 0 Å². The Hall–Kier alpha value is -1.35. The van der Waals surface area contributed by atoms with E-state index in [-0.39, 0.29) is 24.9 Å². The Balaban J connectivity index is 0.00000312. The van der Waals surface area contributed by atoms with Crippen LogP contribution >= 0.6 is 12.4 Å². The van der Waals surface area contributed by atoms with Crippen molar-refractivity contribution < 1.29 is 27.4 Å². The molecule has 1 amide bonds. The number of hydrogen-bond donors (Lipinski definition) is 2. The Morgan fingerprint density at radius 2 is 1.76 bits per heavy atom. The number of carbonyl (C=O) groups excluding carboxylic acids is 1. The molecule has 142 valence electrons. The molecule has 1 aromatic carbocycles. The third-order valence-electron chi connectivity index (χ3n) is 3.85. The van der Waals surface area contributed by atoms with Crippen molar-refractivity contribution >= 4 is 18.3 Å². The van der Waals surface area contributed by atoms with Crippen LogP contribution in [0.3, 0.4) is 0 Å². The highest BCUT2D eigenvalue weighted by molar-refractivity contribution is 5.86. The van der Waals surface area contributed by atoms with E-state index in [1.165, 1.54) is 0 Å². The van der Waals surface area contributed by atoms with Gasteiger partial charge < -0.3 is 20.5 Å². The second-order valence-corrected chi connectivity index (χ2v) is 5.88. The van der Waals surface area contributed by atoms with Crippen molar-refractivity contribution in [3.8, 4) is 0 Å². The monoisotopic (exact) mass is 382 g/mol. The molecule has 9 heteroatoms. The summed E-state index contributed by atoms with van der Waals surface area (Å²) in [7, 11) is 0. The van der Waals surface area contributed by atoms with Crippen molar-refractivity contribution in [2.45, 2.75) is 37.7 Å². The molecule has 3 N–H and O–H groups in total. The summed E-state index contributed by atoms with van der Waals surface area (Å²) >= 11 is 0. The van der Waals surface area contributed by atoms with Gasteiger partial charge in [-0.25, -0.2) is 0 Å². The summed E-state index contributed by atoms with van der Waals surface area (Å²) in [4.78, 5) is 12.2.